The first-order chi connectivity index (χ1) is 12.8. The van der Waals surface area contributed by atoms with Crippen LogP contribution in [0.5, 0.6) is 0 Å². The zero-order valence-electron chi connectivity index (χ0n) is 16.7. The van der Waals surface area contributed by atoms with Gasteiger partial charge >= 0.3 is 0 Å². The number of hydrogen-bond acceptors (Lipinski definition) is 2. The Kier molecular flexibility index (Phi) is 5.92. The van der Waals surface area contributed by atoms with Gasteiger partial charge in [0.15, 0.2) is 0 Å². The molecule has 1 aliphatic carbocycles. The highest BCUT2D eigenvalue weighted by Gasteiger charge is 2.45. The molecule has 2 aromatic carbocycles. The Labute approximate surface area is 167 Å². The molecule has 0 aromatic heterocycles. The largest absolute Gasteiger partial charge is 0.343 e. The van der Waals surface area contributed by atoms with Crippen LogP contribution in [0.4, 0.5) is 0 Å². The van der Waals surface area contributed by atoms with Crippen LogP contribution >= 0.6 is 11.6 Å². The smallest absolute Gasteiger partial charge is 0.252 e. The van der Waals surface area contributed by atoms with Crippen LogP contribution in [0.25, 0.3) is 0 Å². The molecule has 0 bridgehead atoms. The summed E-state index contributed by atoms with van der Waals surface area (Å²) in [4.78, 5) is 15.6. The summed E-state index contributed by atoms with van der Waals surface area (Å²) in [5, 5.41) is 4.08. The predicted molar refractivity (Wildman–Crippen MR) is 112 cm³/mol. The van der Waals surface area contributed by atoms with Gasteiger partial charge in [-0.1, -0.05) is 54.8 Å². The molecule has 1 saturated carbocycles. The summed E-state index contributed by atoms with van der Waals surface area (Å²) in [5.41, 5.74) is 3.75. The number of aryl methyl sites for hydroxylation is 2. The molecule has 1 N–H and O–H groups in total. The highest BCUT2D eigenvalue weighted by Crippen LogP contribution is 2.44. The summed E-state index contributed by atoms with van der Waals surface area (Å²) in [6, 6.07) is 13.8. The standard InChI is InChI=1S/C23H29ClN2O/c1-16-9-7-10-17(2)20(16)22(27)25-21(18-11-8-12-19(24)15-18)23(26(3)4)13-5-6-14-23/h7-12,15,21H,5-6,13-14H2,1-4H3,(H,25,27). The summed E-state index contributed by atoms with van der Waals surface area (Å²) in [5.74, 6) is -0.0105. The van der Waals surface area contributed by atoms with Crippen LogP contribution in [0, 0.1) is 13.8 Å². The molecule has 4 heteroatoms. The molecule has 144 valence electrons. The van der Waals surface area contributed by atoms with Gasteiger partial charge in [0.25, 0.3) is 5.91 Å². The Morgan fingerprint density at radius 3 is 2.22 bits per heavy atom. The Morgan fingerprint density at radius 2 is 1.67 bits per heavy atom. The van der Waals surface area contributed by atoms with Crippen molar-refractivity contribution in [3.05, 3.63) is 69.7 Å². The van der Waals surface area contributed by atoms with E-state index in [-0.39, 0.29) is 17.5 Å². The molecule has 0 spiro atoms. The van der Waals surface area contributed by atoms with E-state index in [2.05, 4.69) is 30.4 Å². The van der Waals surface area contributed by atoms with Crippen molar-refractivity contribution in [2.24, 2.45) is 0 Å². The molecule has 1 unspecified atom stereocenters. The number of carbonyl (C=O) groups excluding carboxylic acids is 1. The Hall–Kier alpha value is -1.84. The lowest BCUT2D eigenvalue weighted by atomic mass is 9.82. The molecule has 0 saturated heterocycles. The fraction of sp³-hybridized carbons (Fsp3) is 0.435. The molecule has 0 aliphatic heterocycles. The van der Waals surface area contributed by atoms with Crippen molar-refractivity contribution in [1.29, 1.82) is 0 Å². The number of rotatable bonds is 5. The SMILES string of the molecule is Cc1cccc(C)c1C(=O)NC(c1cccc(Cl)c1)C1(N(C)C)CCCC1. The maximum absolute atomic E-state index is 13.3. The van der Waals surface area contributed by atoms with Crippen LogP contribution < -0.4 is 5.32 Å². The minimum absolute atomic E-state index is 0.0105. The second-order valence-corrected chi connectivity index (χ2v) is 8.37. The van der Waals surface area contributed by atoms with Gasteiger partial charge in [0.1, 0.15) is 0 Å². The third-order valence-electron chi connectivity index (χ3n) is 6.06. The topological polar surface area (TPSA) is 32.3 Å². The van der Waals surface area contributed by atoms with Crippen molar-refractivity contribution in [2.45, 2.75) is 51.1 Å². The van der Waals surface area contributed by atoms with Crippen molar-refractivity contribution in [3.63, 3.8) is 0 Å². The minimum Gasteiger partial charge on any atom is -0.343 e. The summed E-state index contributed by atoms with van der Waals surface area (Å²) < 4.78 is 0. The number of carbonyl (C=O) groups is 1. The number of hydrogen-bond donors (Lipinski definition) is 1. The monoisotopic (exact) mass is 384 g/mol. The third kappa shape index (κ3) is 3.90. The molecule has 0 radical (unpaired) electrons. The summed E-state index contributed by atoms with van der Waals surface area (Å²) in [7, 11) is 4.24. The highest BCUT2D eigenvalue weighted by molar-refractivity contribution is 6.30. The van der Waals surface area contributed by atoms with E-state index in [1.54, 1.807) is 0 Å². The van der Waals surface area contributed by atoms with Crippen LogP contribution in [0.2, 0.25) is 5.02 Å². The first-order valence-electron chi connectivity index (χ1n) is 9.65. The van der Waals surface area contributed by atoms with Gasteiger partial charge < -0.3 is 10.2 Å². The van der Waals surface area contributed by atoms with Gasteiger partial charge in [-0.2, -0.15) is 0 Å². The van der Waals surface area contributed by atoms with Gasteiger partial charge in [-0.15, -0.1) is 0 Å². The fourth-order valence-electron chi connectivity index (χ4n) is 4.57. The average molecular weight is 385 g/mol. The lowest BCUT2D eigenvalue weighted by molar-refractivity contribution is 0.0765. The Balaban J connectivity index is 2.04. The predicted octanol–water partition coefficient (Wildman–Crippen LogP) is 5.30. The number of benzene rings is 2. The molecule has 1 amide bonds. The van der Waals surface area contributed by atoms with Crippen LogP contribution in [-0.4, -0.2) is 30.4 Å². The lowest BCUT2D eigenvalue weighted by Crippen LogP contribution is -2.53. The van der Waals surface area contributed by atoms with E-state index in [1.165, 1.54) is 12.8 Å². The van der Waals surface area contributed by atoms with Crippen molar-refractivity contribution in [2.75, 3.05) is 14.1 Å². The maximum atomic E-state index is 13.3. The van der Waals surface area contributed by atoms with Crippen LogP contribution in [0.1, 0.15) is 58.8 Å². The van der Waals surface area contributed by atoms with Crippen molar-refractivity contribution >= 4 is 17.5 Å². The van der Waals surface area contributed by atoms with Crippen molar-refractivity contribution < 1.29 is 4.79 Å². The van der Waals surface area contributed by atoms with Crippen LogP contribution in [0.15, 0.2) is 42.5 Å². The number of nitrogens with one attached hydrogen (secondary N) is 1. The molecule has 2 aromatic rings. The Morgan fingerprint density at radius 1 is 1.07 bits per heavy atom. The van der Waals surface area contributed by atoms with Gasteiger partial charge in [0.05, 0.1) is 6.04 Å². The van der Waals surface area contributed by atoms with Gasteiger partial charge in [-0.05, 0) is 69.6 Å². The van der Waals surface area contributed by atoms with Crippen LogP contribution in [-0.2, 0) is 0 Å². The molecule has 1 fully saturated rings. The van der Waals surface area contributed by atoms with E-state index in [4.69, 9.17) is 11.6 Å². The molecule has 1 aliphatic rings. The van der Waals surface area contributed by atoms with E-state index in [0.717, 1.165) is 35.1 Å². The number of amides is 1. The maximum Gasteiger partial charge on any atom is 0.252 e. The van der Waals surface area contributed by atoms with Gasteiger partial charge in [-0.3, -0.25) is 4.79 Å². The second-order valence-electron chi connectivity index (χ2n) is 7.93. The zero-order valence-corrected chi connectivity index (χ0v) is 17.4. The second kappa shape index (κ2) is 8.04. The quantitative estimate of drug-likeness (QED) is 0.758. The fourth-order valence-corrected chi connectivity index (χ4v) is 4.77. The zero-order chi connectivity index (χ0) is 19.6. The van der Waals surface area contributed by atoms with Crippen molar-refractivity contribution in [3.8, 4) is 0 Å². The van der Waals surface area contributed by atoms with Gasteiger partial charge in [0, 0.05) is 16.1 Å². The Bertz CT molecular complexity index is 805. The average Bonchev–Trinajstić information content (AvgIpc) is 3.10. The van der Waals surface area contributed by atoms with E-state index in [0.29, 0.717) is 5.02 Å². The van der Waals surface area contributed by atoms with E-state index in [9.17, 15) is 4.79 Å². The summed E-state index contributed by atoms with van der Waals surface area (Å²) >= 11 is 6.30. The number of nitrogens with zero attached hydrogens (tertiary/aromatic N) is 1. The molecule has 3 rings (SSSR count). The molecule has 27 heavy (non-hydrogen) atoms. The van der Waals surface area contributed by atoms with E-state index < -0.39 is 0 Å². The summed E-state index contributed by atoms with van der Waals surface area (Å²) in [6.45, 7) is 3.99. The van der Waals surface area contributed by atoms with Crippen molar-refractivity contribution in [1.82, 2.24) is 10.2 Å². The van der Waals surface area contributed by atoms with Gasteiger partial charge in [-0.25, -0.2) is 0 Å². The lowest BCUT2D eigenvalue weighted by Gasteiger charge is -2.44. The molecular weight excluding hydrogens is 356 g/mol. The third-order valence-corrected chi connectivity index (χ3v) is 6.30. The number of likely N-dealkylation sites (N-methyl/N-ethyl adjacent to an activating group) is 1. The molecule has 0 heterocycles. The number of halogens is 1. The van der Waals surface area contributed by atoms with Gasteiger partial charge in [0.2, 0.25) is 0 Å². The minimum atomic E-state index is -0.111. The first-order valence-corrected chi connectivity index (χ1v) is 10.0. The molecular formula is C23H29ClN2O. The summed E-state index contributed by atoms with van der Waals surface area (Å²) in [6.07, 6.45) is 4.47. The highest BCUT2D eigenvalue weighted by atomic mass is 35.5. The van der Waals surface area contributed by atoms with Crippen LogP contribution in [0.3, 0.4) is 0 Å². The van der Waals surface area contributed by atoms with E-state index in [1.807, 2.05) is 50.2 Å². The molecule has 3 nitrogen and oxygen atoms in total. The normalized spacial score (nSPS) is 17.1. The van der Waals surface area contributed by atoms with E-state index >= 15 is 0 Å². The molecule has 1 atom stereocenters. The first kappa shape index (κ1) is 19.9.